The van der Waals surface area contributed by atoms with Crippen molar-refractivity contribution in [1.29, 1.82) is 0 Å². The van der Waals surface area contributed by atoms with Crippen LogP contribution in [-0.2, 0) is 16.0 Å². The normalized spacial score (nSPS) is 18.4. The average Bonchev–Trinajstić information content (AvgIpc) is 3.07. The molecule has 6 heteroatoms. The smallest absolute Gasteiger partial charge is 0.223 e. The molecule has 1 atom stereocenters. The van der Waals surface area contributed by atoms with Gasteiger partial charge in [0.05, 0.1) is 13.2 Å². The van der Waals surface area contributed by atoms with Gasteiger partial charge in [0.25, 0.3) is 0 Å². The molecule has 0 radical (unpaired) electrons. The van der Waals surface area contributed by atoms with Gasteiger partial charge < -0.3 is 14.6 Å². The zero-order valence-corrected chi connectivity index (χ0v) is 12.9. The van der Waals surface area contributed by atoms with E-state index < -0.39 is 0 Å². The van der Waals surface area contributed by atoms with Gasteiger partial charge in [-0.1, -0.05) is 23.7 Å². The summed E-state index contributed by atoms with van der Waals surface area (Å²) in [5.74, 6) is 0.981. The Morgan fingerprint density at radius 3 is 2.95 bits per heavy atom. The van der Waals surface area contributed by atoms with Crippen LogP contribution in [0.1, 0.15) is 23.9 Å². The Hall–Kier alpha value is -1.85. The van der Waals surface area contributed by atoms with Crippen molar-refractivity contribution in [2.75, 3.05) is 19.7 Å². The van der Waals surface area contributed by atoms with Crippen molar-refractivity contribution in [2.24, 2.45) is 0 Å². The van der Waals surface area contributed by atoms with Crippen molar-refractivity contribution in [2.45, 2.75) is 18.9 Å². The molecule has 0 unspecified atom stereocenters. The van der Waals surface area contributed by atoms with Crippen molar-refractivity contribution >= 4 is 17.5 Å². The number of aromatic amines is 1. The molecule has 0 spiro atoms. The summed E-state index contributed by atoms with van der Waals surface area (Å²) in [5, 5.41) is 0.700. The van der Waals surface area contributed by atoms with Crippen molar-refractivity contribution in [3.8, 4) is 0 Å². The van der Waals surface area contributed by atoms with Crippen LogP contribution in [0.4, 0.5) is 0 Å². The Labute approximate surface area is 134 Å². The number of H-pyrrole nitrogens is 1. The summed E-state index contributed by atoms with van der Waals surface area (Å²) in [6, 6.07) is 7.59. The van der Waals surface area contributed by atoms with Gasteiger partial charge in [0.15, 0.2) is 0 Å². The fourth-order valence-corrected chi connectivity index (χ4v) is 2.70. The number of amides is 1. The third-order valence-corrected chi connectivity index (χ3v) is 4.04. The number of hydrogen-bond donors (Lipinski definition) is 1. The minimum absolute atomic E-state index is 0.0846. The molecule has 5 nitrogen and oxygen atoms in total. The summed E-state index contributed by atoms with van der Waals surface area (Å²) >= 11 is 5.91. The van der Waals surface area contributed by atoms with Crippen LogP contribution in [0.5, 0.6) is 0 Å². The van der Waals surface area contributed by atoms with Crippen LogP contribution in [0.2, 0.25) is 5.02 Å². The van der Waals surface area contributed by atoms with Crippen LogP contribution >= 0.6 is 11.6 Å². The Balaban J connectivity index is 1.57. The number of hydrogen-bond acceptors (Lipinski definition) is 3. The number of nitrogens with one attached hydrogen (secondary N) is 1. The average molecular weight is 320 g/mol. The number of carbonyl (C=O) groups is 1. The van der Waals surface area contributed by atoms with Crippen LogP contribution in [0.25, 0.3) is 0 Å². The molecule has 1 aliphatic rings. The van der Waals surface area contributed by atoms with Crippen molar-refractivity contribution in [3.63, 3.8) is 0 Å². The molecule has 1 aliphatic heterocycles. The number of imidazole rings is 1. The van der Waals surface area contributed by atoms with E-state index in [4.69, 9.17) is 16.3 Å². The maximum absolute atomic E-state index is 12.3. The number of aryl methyl sites for hydroxylation is 1. The summed E-state index contributed by atoms with van der Waals surface area (Å²) in [6.45, 7) is 1.78. The molecule has 116 valence electrons. The van der Waals surface area contributed by atoms with Crippen LogP contribution < -0.4 is 0 Å². The van der Waals surface area contributed by atoms with E-state index in [9.17, 15) is 4.79 Å². The second-order valence-electron chi connectivity index (χ2n) is 5.29. The number of halogens is 1. The fourth-order valence-electron chi connectivity index (χ4n) is 2.57. The lowest BCUT2D eigenvalue weighted by atomic mass is 10.1. The zero-order chi connectivity index (χ0) is 15.4. The highest BCUT2D eigenvalue weighted by Gasteiger charge is 2.25. The standard InChI is InChI=1S/C16H18ClN3O2/c17-13-3-1-12(2-4-13)14-11-20(9-10-22-14)16(21)6-5-15-18-7-8-19-15/h1-4,7-8,14H,5-6,9-11H2,(H,18,19)/t14-/m1/s1. The first-order valence-electron chi connectivity index (χ1n) is 7.35. The lowest BCUT2D eigenvalue weighted by Crippen LogP contribution is -2.42. The number of morpholine rings is 1. The van der Waals surface area contributed by atoms with Crippen molar-refractivity contribution < 1.29 is 9.53 Å². The molecule has 0 saturated carbocycles. The van der Waals surface area contributed by atoms with Gasteiger partial charge in [-0.05, 0) is 17.7 Å². The van der Waals surface area contributed by atoms with E-state index in [2.05, 4.69) is 9.97 Å². The van der Waals surface area contributed by atoms with E-state index >= 15 is 0 Å². The van der Waals surface area contributed by atoms with Gasteiger partial charge in [-0.3, -0.25) is 4.79 Å². The molecule has 1 saturated heterocycles. The molecular weight excluding hydrogens is 302 g/mol. The summed E-state index contributed by atoms with van der Waals surface area (Å²) in [6.07, 6.45) is 4.48. The summed E-state index contributed by atoms with van der Waals surface area (Å²) < 4.78 is 5.78. The maximum Gasteiger partial charge on any atom is 0.223 e. The quantitative estimate of drug-likeness (QED) is 0.942. The number of ether oxygens (including phenoxy) is 1. The molecule has 0 aliphatic carbocycles. The fraction of sp³-hybridized carbons (Fsp3) is 0.375. The van der Waals surface area contributed by atoms with Crippen LogP contribution in [0.3, 0.4) is 0 Å². The minimum atomic E-state index is -0.0846. The molecule has 2 heterocycles. The second kappa shape index (κ2) is 6.94. The summed E-state index contributed by atoms with van der Waals surface area (Å²) in [5.41, 5.74) is 1.05. The number of aromatic nitrogens is 2. The Morgan fingerprint density at radius 1 is 1.41 bits per heavy atom. The molecular formula is C16H18ClN3O2. The number of carbonyl (C=O) groups excluding carboxylic acids is 1. The van der Waals surface area contributed by atoms with Gasteiger partial charge in [0.2, 0.25) is 5.91 Å². The lowest BCUT2D eigenvalue weighted by molar-refractivity contribution is -0.139. The molecule has 3 rings (SSSR count). The van der Waals surface area contributed by atoms with E-state index in [0.717, 1.165) is 11.4 Å². The molecule has 1 aromatic carbocycles. The largest absolute Gasteiger partial charge is 0.370 e. The van der Waals surface area contributed by atoms with Gasteiger partial charge >= 0.3 is 0 Å². The summed E-state index contributed by atoms with van der Waals surface area (Å²) in [4.78, 5) is 21.4. The SMILES string of the molecule is O=C(CCc1ncc[nH]1)N1CCO[C@@H](c2ccc(Cl)cc2)C1. The third-order valence-electron chi connectivity index (χ3n) is 3.79. The molecule has 2 aromatic rings. The van der Waals surface area contributed by atoms with E-state index in [1.165, 1.54) is 0 Å². The predicted molar refractivity (Wildman–Crippen MR) is 83.6 cm³/mol. The highest BCUT2D eigenvalue weighted by Crippen LogP contribution is 2.24. The molecule has 1 fully saturated rings. The van der Waals surface area contributed by atoms with Crippen molar-refractivity contribution in [3.05, 3.63) is 53.1 Å². The van der Waals surface area contributed by atoms with Gasteiger partial charge in [-0.25, -0.2) is 4.98 Å². The first-order valence-corrected chi connectivity index (χ1v) is 7.73. The number of rotatable bonds is 4. The second-order valence-corrected chi connectivity index (χ2v) is 5.72. The first-order chi connectivity index (χ1) is 10.7. The van der Waals surface area contributed by atoms with Gasteiger partial charge in [0.1, 0.15) is 11.9 Å². The molecule has 1 amide bonds. The minimum Gasteiger partial charge on any atom is -0.370 e. The Morgan fingerprint density at radius 2 is 2.23 bits per heavy atom. The van der Waals surface area contributed by atoms with E-state index in [1.807, 2.05) is 29.2 Å². The van der Waals surface area contributed by atoms with Crippen LogP contribution in [0.15, 0.2) is 36.7 Å². The Bertz CT molecular complexity index is 613. The molecule has 1 N–H and O–H groups in total. The van der Waals surface area contributed by atoms with E-state index in [-0.39, 0.29) is 12.0 Å². The third kappa shape index (κ3) is 3.67. The Kier molecular flexibility index (Phi) is 4.75. The predicted octanol–water partition coefficient (Wildman–Crippen LogP) is 2.60. The monoisotopic (exact) mass is 319 g/mol. The van der Waals surface area contributed by atoms with Gasteiger partial charge in [0, 0.05) is 36.8 Å². The molecule has 0 bridgehead atoms. The van der Waals surface area contributed by atoms with E-state index in [0.29, 0.717) is 37.6 Å². The van der Waals surface area contributed by atoms with Crippen LogP contribution in [0, 0.1) is 0 Å². The van der Waals surface area contributed by atoms with Crippen molar-refractivity contribution in [1.82, 2.24) is 14.9 Å². The van der Waals surface area contributed by atoms with E-state index in [1.54, 1.807) is 12.4 Å². The number of benzene rings is 1. The maximum atomic E-state index is 12.3. The molecule has 1 aromatic heterocycles. The summed E-state index contributed by atoms with van der Waals surface area (Å²) in [7, 11) is 0. The molecule has 22 heavy (non-hydrogen) atoms. The van der Waals surface area contributed by atoms with Gasteiger partial charge in [-0.15, -0.1) is 0 Å². The first kappa shape index (κ1) is 15.1. The highest BCUT2D eigenvalue weighted by molar-refractivity contribution is 6.30. The topological polar surface area (TPSA) is 58.2 Å². The lowest BCUT2D eigenvalue weighted by Gasteiger charge is -2.33. The zero-order valence-electron chi connectivity index (χ0n) is 12.2. The highest BCUT2D eigenvalue weighted by atomic mass is 35.5. The number of nitrogens with zero attached hydrogens (tertiary/aromatic N) is 2. The van der Waals surface area contributed by atoms with Crippen LogP contribution in [-0.4, -0.2) is 40.5 Å². The van der Waals surface area contributed by atoms with Gasteiger partial charge in [-0.2, -0.15) is 0 Å².